The molecule has 8 nitrogen and oxygen atoms in total. The molecule has 1 atom stereocenters. The first kappa shape index (κ1) is 18.9. The molecule has 2 aromatic carbocycles. The van der Waals surface area contributed by atoms with Crippen molar-refractivity contribution >= 4 is 11.4 Å². The Morgan fingerprint density at radius 3 is 2.48 bits per heavy atom. The van der Waals surface area contributed by atoms with Crippen LogP contribution < -0.4 is 9.64 Å². The molecule has 144 valence electrons. The van der Waals surface area contributed by atoms with Crippen LogP contribution in [0, 0.1) is 10.1 Å². The van der Waals surface area contributed by atoms with Crippen LogP contribution in [-0.2, 0) is 0 Å². The van der Waals surface area contributed by atoms with E-state index in [-0.39, 0.29) is 18.0 Å². The zero-order valence-electron chi connectivity index (χ0n) is 14.9. The second-order valence-corrected chi connectivity index (χ2v) is 6.52. The summed E-state index contributed by atoms with van der Waals surface area (Å²) in [6, 6.07) is 13.1. The molecule has 1 unspecified atom stereocenters. The number of hydrogen-bond acceptors (Lipinski definition) is 7. The Morgan fingerprint density at radius 2 is 1.81 bits per heavy atom. The van der Waals surface area contributed by atoms with Crippen molar-refractivity contribution in [2.75, 3.05) is 44.2 Å². The van der Waals surface area contributed by atoms with Gasteiger partial charge in [0.2, 0.25) is 0 Å². The molecule has 3 rings (SSSR count). The number of phenols is 1. The monoisotopic (exact) mass is 373 g/mol. The highest BCUT2D eigenvalue weighted by atomic mass is 16.6. The van der Waals surface area contributed by atoms with Gasteiger partial charge in [0.25, 0.3) is 5.69 Å². The molecule has 2 N–H and O–H groups in total. The van der Waals surface area contributed by atoms with E-state index in [1.54, 1.807) is 24.3 Å². The third kappa shape index (κ3) is 5.32. The lowest BCUT2D eigenvalue weighted by atomic mass is 10.2. The number of nitro benzene ring substituents is 1. The summed E-state index contributed by atoms with van der Waals surface area (Å²) in [6.45, 7) is 3.87. The number of aromatic hydroxyl groups is 1. The topological polar surface area (TPSA) is 99.3 Å². The largest absolute Gasteiger partial charge is 0.508 e. The van der Waals surface area contributed by atoms with Gasteiger partial charge >= 0.3 is 0 Å². The normalized spacial score (nSPS) is 16.1. The Balaban J connectivity index is 1.43. The number of aliphatic hydroxyl groups is 1. The van der Waals surface area contributed by atoms with Crippen LogP contribution in [-0.4, -0.2) is 65.5 Å². The average Bonchev–Trinajstić information content (AvgIpc) is 2.68. The molecule has 0 radical (unpaired) electrons. The standard InChI is InChI=1S/C19H23N3O5/c23-17-6-4-15(5-7-17)21-10-8-20(9-11-21)13-18(24)14-27-19-3-1-2-16(12-19)22(25)26/h1-7,12,18,23-24H,8-11,13-14H2. The molecule has 8 heteroatoms. The fourth-order valence-electron chi connectivity index (χ4n) is 3.08. The van der Waals surface area contributed by atoms with Crippen LogP contribution in [0.2, 0.25) is 0 Å². The third-order valence-corrected chi connectivity index (χ3v) is 4.53. The van der Waals surface area contributed by atoms with Crippen molar-refractivity contribution in [2.45, 2.75) is 6.10 Å². The zero-order chi connectivity index (χ0) is 19.2. The molecule has 1 saturated heterocycles. The molecule has 27 heavy (non-hydrogen) atoms. The number of rotatable bonds is 7. The molecule has 0 aliphatic carbocycles. The van der Waals surface area contributed by atoms with Crippen LogP contribution in [0.15, 0.2) is 48.5 Å². The van der Waals surface area contributed by atoms with Crippen LogP contribution in [0.5, 0.6) is 11.5 Å². The first-order chi connectivity index (χ1) is 13.0. The van der Waals surface area contributed by atoms with E-state index < -0.39 is 11.0 Å². The predicted octanol–water partition coefficient (Wildman–Crippen LogP) is 1.86. The zero-order valence-corrected chi connectivity index (χ0v) is 14.9. The van der Waals surface area contributed by atoms with Crippen LogP contribution in [0.3, 0.4) is 0 Å². The molecule has 1 aliphatic heterocycles. The Hall–Kier alpha value is -2.84. The summed E-state index contributed by atoms with van der Waals surface area (Å²) in [5, 5.41) is 30.4. The molecule has 0 bridgehead atoms. The van der Waals surface area contributed by atoms with Crippen molar-refractivity contribution in [1.29, 1.82) is 0 Å². The van der Waals surface area contributed by atoms with E-state index in [1.807, 2.05) is 12.1 Å². The summed E-state index contributed by atoms with van der Waals surface area (Å²) in [7, 11) is 0. The van der Waals surface area contributed by atoms with Crippen molar-refractivity contribution in [1.82, 2.24) is 4.90 Å². The van der Waals surface area contributed by atoms with Gasteiger partial charge in [-0.3, -0.25) is 15.0 Å². The lowest BCUT2D eigenvalue weighted by molar-refractivity contribution is -0.384. The summed E-state index contributed by atoms with van der Waals surface area (Å²) in [5.41, 5.74) is 1.04. The number of phenolic OH excluding ortho intramolecular Hbond substituents is 1. The number of non-ortho nitro benzene ring substituents is 1. The van der Waals surface area contributed by atoms with E-state index in [1.165, 1.54) is 12.1 Å². The van der Waals surface area contributed by atoms with Crippen molar-refractivity contribution in [2.24, 2.45) is 0 Å². The number of anilines is 1. The number of aliphatic hydroxyl groups excluding tert-OH is 1. The SMILES string of the molecule is O=[N+]([O-])c1cccc(OCC(O)CN2CCN(c3ccc(O)cc3)CC2)c1. The molecule has 0 saturated carbocycles. The van der Waals surface area contributed by atoms with Crippen molar-refractivity contribution in [3.63, 3.8) is 0 Å². The lowest BCUT2D eigenvalue weighted by Crippen LogP contribution is -2.49. The second kappa shape index (κ2) is 8.70. The van der Waals surface area contributed by atoms with Gasteiger partial charge in [-0.25, -0.2) is 0 Å². The van der Waals surface area contributed by atoms with E-state index >= 15 is 0 Å². The maximum absolute atomic E-state index is 10.8. The number of β-amino-alcohol motifs (C(OH)–C–C–N with tert-alkyl or cyclic N) is 1. The number of nitro groups is 1. The van der Waals surface area contributed by atoms with Crippen molar-refractivity contribution in [3.05, 3.63) is 58.6 Å². The maximum Gasteiger partial charge on any atom is 0.273 e. The van der Waals surface area contributed by atoms with E-state index in [0.717, 1.165) is 31.9 Å². The maximum atomic E-state index is 10.8. The molecule has 1 heterocycles. The molecule has 0 amide bonds. The minimum Gasteiger partial charge on any atom is -0.508 e. The van der Waals surface area contributed by atoms with Gasteiger partial charge in [0.05, 0.1) is 11.0 Å². The molecule has 2 aromatic rings. The van der Waals surface area contributed by atoms with Crippen LogP contribution in [0.25, 0.3) is 0 Å². The van der Waals surface area contributed by atoms with E-state index in [0.29, 0.717) is 12.3 Å². The second-order valence-electron chi connectivity index (χ2n) is 6.52. The van der Waals surface area contributed by atoms with Crippen molar-refractivity contribution in [3.8, 4) is 11.5 Å². The average molecular weight is 373 g/mol. The first-order valence-corrected chi connectivity index (χ1v) is 8.83. The fourth-order valence-corrected chi connectivity index (χ4v) is 3.08. The number of ether oxygens (including phenoxy) is 1. The summed E-state index contributed by atoms with van der Waals surface area (Å²) in [6.07, 6.45) is -0.676. The quantitative estimate of drug-likeness (QED) is 0.564. The van der Waals surface area contributed by atoms with E-state index in [4.69, 9.17) is 4.74 Å². The van der Waals surface area contributed by atoms with Crippen LogP contribution >= 0.6 is 0 Å². The van der Waals surface area contributed by atoms with Gasteiger partial charge < -0.3 is 19.8 Å². The van der Waals surface area contributed by atoms with Gasteiger partial charge in [0, 0.05) is 44.5 Å². The predicted molar refractivity (Wildman–Crippen MR) is 101 cm³/mol. The minimum atomic E-state index is -0.676. The number of piperazine rings is 1. The Morgan fingerprint density at radius 1 is 1.11 bits per heavy atom. The van der Waals surface area contributed by atoms with Gasteiger partial charge in [0.1, 0.15) is 24.2 Å². The van der Waals surface area contributed by atoms with Crippen LogP contribution in [0.4, 0.5) is 11.4 Å². The van der Waals surface area contributed by atoms with Gasteiger partial charge in [-0.1, -0.05) is 6.07 Å². The van der Waals surface area contributed by atoms with Gasteiger partial charge in [-0.2, -0.15) is 0 Å². The third-order valence-electron chi connectivity index (χ3n) is 4.53. The summed E-state index contributed by atoms with van der Waals surface area (Å²) < 4.78 is 5.49. The summed E-state index contributed by atoms with van der Waals surface area (Å²) in [5.74, 6) is 0.629. The molecular formula is C19H23N3O5. The van der Waals surface area contributed by atoms with Crippen molar-refractivity contribution < 1.29 is 19.9 Å². The van der Waals surface area contributed by atoms with Gasteiger partial charge in [0.15, 0.2) is 0 Å². The number of hydrogen-bond donors (Lipinski definition) is 2. The van der Waals surface area contributed by atoms with Crippen LogP contribution in [0.1, 0.15) is 0 Å². The van der Waals surface area contributed by atoms with E-state index in [2.05, 4.69) is 9.80 Å². The highest BCUT2D eigenvalue weighted by molar-refractivity contribution is 5.49. The Kier molecular flexibility index (Phi) is 6.10. The first-order valence-electron chi connectivity index (χ1n) is 8.83. The molecule has 1 fully saturated rings. The molecular weight excluding hydrogens is 350 g/mol. The summed E-state index contributed by atoms with van der Waals surface area (Å²) in [4.78, 5) is 14.7. The smallest absolute Gasteiger partial charge is 0.273 e. The van der Waals surface area contributed by atoms with E-state index in [9.17, 15) is 20.3 Å². The Labute approximate surface area is 157 Å². The lowest BCUT2D eigenvalue weighted by Gasteiger charge is -2.36. The minimum absolute atomic E-state index is 0.0349. The Bertz CT molecular complexity index is 760. The fraction of sp³-hybridized carbons (Fsp3) is 0.368. The highest BCUT2D eigenvalue weighted by Gasteiger charge is 2.20. The van der Waals surface area contributed by atoms with Gasteiger partial charge in [-0.15, -0.1) is 0 Å². The summed E-state index contributed by atoms with van der Waals surface area (Å²) >= 11 is 0. The molecule has 0 aromatic heterocycles. The highest BCUT2D eigenvalue weighted by Crippen LogP contribution is 2.21. The molecule has 0 spiro atoms. The number of benzene rings is 2. The number of nitrogens with zero attached hydrogens (tertiary/aromatic N) is 3. The molecule has 1 aliphatic rings. The van der Waals surface area contributed by atoms with Gasteiger partial charge in [-0.05, 0) is 30.3 Å².